The highest BCUT2D eigenvalue weighted by molar-refractivity contribution is 8.05. The molecule has 4 atom stereocenters. The smallest absolute Gasteiger partial charge is 0.353 e. The van der Waals surface area contributed by atoms with Gasteiger partial charge in [0.2, 0.25) is 5.91 Å². The highest BCUT2D eigenvalue weighted by atomic mass is 32.2. The summed E-state index contributed by atoms with van der Waals surface area (Å²) in [5.41, 5.74) is 0.614. The van der Waals surface area contributed by atoms with E-state index in [-0.39, 0.29) is 23.9 Å². The molecule has 36 heavy (non-hydrogen) atoms. The van der Waals surface area contributed by atoms with Crippen LogP contribution in [0.5, 0.6) is 0 Å². The molecule has 1 unspecified atom stereocenters. The first-order valence-electron chi connectivity index (χ1n) is 11.6. The maximum atomic E-state index is 13.2. The molecule has 0 radical (unpaired) electrons. The minimum atomic E-state index is -1.98. The summed E-state index contributed by atoms with van der Waals surface area (Å²) in [5, 5.41) is 22.5. The number of amides is 1. The molecule has 0 saturated carbocycles. The van der Waals surface area contributed by atoms with E-state index < -0.39 is 49.2 Å². The van der Waals surface area contributed by atoms with Gasteiger partial charge in [-0.1, -0.05) is 23.9 Å². The van der Waals surface area contributed by atoms with Crippen LogP contribution in [0.25, 0.3) is 0 Å². The molecule has 2 aliphatic heterocycles. The van der Waals surface area contributed by atoms with Crippen LogP contribution in [-0.2, 0) is 30.0 Å². The summed E-state index contributed by atoms with van der Waals surface area (Å²) in [5.74, 6) is -3.02. The SMILES string of the molecule is CCOC(=O)C=CSC1=C(C(=O)O)N2C(=O)[C@@H]([C@H](C)O[Si](C)(C)C)[C@@H]2C1Cc1ccc([N+](=O)[O-])cc1. The predicted octanol–water partition coefficient (Wildman–Crippen LogP) is 3.94. The lowest BCUT2D eigenvalue weighted by molar-refractivity contribution is -0.384. The summed E-state index contributed by atoms with van der Waals surface area (Å²) in [6, 6.07) is 5.63. The number of β-lactam (4-membered cyclic amide) rings is 1. The Morgan fingerprint density at radius 3 is 2.44 bits per heavy atom. The number of nitro groups is 1. The van der Waals surface area contributed by atoms with Crippen molar-refractivity contribution >= 4 is 43.6 Å². The van der Waals surface area contributed by atoms with Crippen LogP contribution in [0.4, 0.5) is 5.69 Å². The van der Waals surface area contributed by atoms with Crippen molar-refractivity contribution in [3.63, 3.8) is 0 Å². The Bertz CT molecular complexity index is 1110. The number of nitro benzene ring substituents is 1. The van der Waals surface area contributed by atoms with Gasteiger partial charge in [-0.2, -0.15) is 0 Å². The third kappa shape index (κ3) is 5.88. The first-order valence-corrected chi connectivity index (χ1v) is 15.9. The number of nitrogens with zero attached hydrogens (tertiary/aromatic N) is 2. The molecule has 0 aliphatic carbocycles. The molecule has 1 aromatic carbocycles. The highest BCUT2D eigenvalue weighted by Gasteiger charge is 2.61. The van der Waals surface area contributed by atoms with Crippen molar-refractivity contribution in [2.75, 3.05) is 6.61 Å². The molecular weight excluding hydrogens is 504 g/mol. The standard InChI is InChI=1S/C24H30N2O8SSi/c1-6-33-18(27)11-12-35-22-17(13-15-7-9-16(10-8-15)26(31)32)20-19(14(2)34-36(3,4)5)23(28)25(20)21(22)24(29)30/h7-12,14,17,19-20H,6,13H2,1-5H3,(H,29,30)/t14-,17?,19-,20-/m0/s1. The van der Waals surface area contributed by atoms with Crippen LogP contribution >= 0.6 is 11.8 Å². The van der Waals surface area contributed by atoms with Crippen molar-refractivity contribution in [1.82, 2.24) is 4.90 Å². The molecule has 10 nitrogen and oxygen atoms in total. The van der Waals surface area contributed by atoms with E-state index in [1.165, 1.54) is 28.5 Å². The number of rotatable bonds is 11. The Balaban J connectivity index is 1.99. The Morgan fingerprint density at radius 2 is 1.92 bits per heavy atom. The van der Waals surface area contributed by atoms with Crippen molar-refractivity contribution < 1.29 is 33.6 Å². The number of carboxylic acids is 1. The van der Waals surface area contributed by atoms with Gasteiger partial charge in [0, 0.05) is 29.0 Å². The van der Waals surface area contributed by atoms with Gasteiger partial charge in [-0.15, -0.1) is 0 Å². The van der Waals surface area contributed by atoms with Crippen molar-refractivity contribution in [2.24, 2.45) is 11.8 Å². The molecule has 2 heterocycles. The lowest BCUT2D eigenvalue weighted by Gasteiger charge is -2.49. The maximum Gasteiger partial charge on any atom is 0.353 e. The second-order valence-electron chi connectivity index (χ2n) is 9.58. The molecule has 1 N–H and O–H groups in total. The largest absolute Gasteiger partial charge is 0.477 e. The molecule has 1 fully saturated rings. The first-order chi connectivity index (χ1) is 16.9. The van der Waals surface area contributed by atoms with Crippen molar-refractivity contribution in [3.8, 4) is 0 Å². The number of ether oxygens (including phenoxy) is 1. The lowest BCUT2D eigenvalue weighted by atomic mass is 9.76. The minimum Gasteiger partial charge on any atom is -0.477 e. The van der Waals surface area contributed by atoms with Crippen molar-refractivity contribution in [2.45, 2.75) is 52.1 Å². The minimum absolute atomic E-state index is 0.0469. The second kappa shape index (κ2) is 11.0. The molecule has 0 spiro atoms. The third-order valence-electron chi connectivity index (χ3n) is 5.95. The van der Waals surface area contributed by atoms with Crippen LogP contribution < -0.4 is 0 Å². The summed E-state index contributed by atoms with van der Waals surface area (Å²) < 4.78 is 11.1. The van der Waals surface area contributed by atoms with Gasteiger partial charge in [0.15, 0.2) is 8.32 Å². The lowest BCUT2D eigenvalue weighted by Crippen LogP contribution is -2.65. The highest BCUT2D eigenvalue weighted by Crippen LogP contribution is 2.52. The van der Waals surface area contributed by atoms with E-state index in [1.807, 2.05) is 26.6 Å². The number of carboxylic acid groups (broad SMARTS) is 1. The number of thioether (sulfide) groups is 1. The number of carbonyl (C=O) groups excluding carboxylic acids is 2. The summed E-state index contributed by atoms with van der Waals surface area (Å²) in [4.78, 5) is 49.6. The van der Waals surface area contributed by atoms with E-state index in [0.29, 0.717) is 11.3 Å². The number of fused-ring (bicyclic) bond motifs is 1. The van der Waals surface area contributed by atoms with E-state index in [9.17, 15) is 29.6 Å². The quantitative estimate of drug-likeness (QED) is 0.112. The average molecular weight is 535 g/mol. The monoisotopic (exact) mass is 534 g/mol. The van der Waals surface area contributed by atoms with Gasteiger partial charge in [0.1, 0.15) is 5.70 Å². The van der Waals surface area contributed by atoms with Gasteiger partial charge in [-0.25, -0.2) is 9.59 Å². The van der Waals surface area contributed by atoms with E-state index in [2.05, 4.69) is 0 Å². The fraction of sp³-hybridized carbons (Fsp3) is 0.458. The van der Waals surface area contributed by atoms with Crippen LogP contribution in [0.15, 0.2) is 46.4 Å². The second-order valence-corrected chi connectivity index (χ2v) is 15.0. The fourth-order valence-corrected chi connectivity index (χ4v) is 6.99. The predicted molar refractivity (Wildman–Crippen MR) is 136 cm³/mol. The van der Waals surface area contributed by atoms with Crippen LogP contribution in [0.3, 0.4) is 0 Å². The zero-order chi connectivity index (χ0) is 26.8. The zero-order valence-corrected chi connectivity index (χ0v) is 22.6. The Hall–Kier alpha value is -2.96. The van der Waals surface area contributed by atoms with Crippen molar-refractivity contribution in [3.05, 3.63) is 62.0 Å². The number of benzene rings is 1. The molecule has 2 aliphatic rings. The molecule has 1 aromatic rings. The maximum absolute atomic E-state index is 13.2. The summed E-state index contributed by atoms with van der Waals surface area (Å²) in [7, 11) is -1.98. The molecule has 3 rings (SSSR count). The number of aliphatic carboxylic acids is 1. The fourth-order valence-electron chi connectivity index (χ4n) is 4.71. The van der Waals surface area contributed by atoms with Gasteiger partial charge in [0.25, 0.3) is 5.69 Å². The number of hydrogen-bond donors (Lipinski definition) is 1. The van der Waals surface area contributed by atoms with E-state index in [1.54, 1.807) is 19.1 Å². The van der Waals surface area contributed by atoms with E-state index in [4.69, 9.17) is 9.16 Å². The van der Waals surface area contributed by atoms with E-state index >= 15 is 0 Å². The van der Waals surface area contributed by atoms with Crippen LogP contribution in [0.2, 0.25) is 19.6 Å². The van der Waals surface area contributed by atoms with Gasteiger partial charge >= 0.3 is 11.9 Å². The summed E-state index contributed by atoms with van der Waals surface area (Å²) in [6.07, 6.45) is 1.17. The summed E-state index contributed by atoms with van der Waals surface area (Å²) in [6.45, 7) is 9.80. The number of hydrogen-bond acceptors (Lipinski definition) is 8. The number of non-ortho nitro benzene ring substituents is 1. The van der Waals surface area contributed by atoms with Crippen LogP contribution in [0, 0.1) is 22.0 Å². The molecule has 194 valence electrons. The van der Waals surface area contributed by atoms with Gasteiger partial charge in [-0.3, -0.25) is 14.9 Å². The normalized spacial score (nSPS) is 22.4. The Kier molecular flexibility index (Phi) is 8.42. The molecule has 12 heteroatoms. The first kappa shape index (κ1) is 27.6. The van der Waals surface area contributed by atoms with Crippen LogP contribution in [0.1, 0.15) is 19.4 Å². The van der Waals surface area contributed by atoms with E-state index in [0.717, 1.165) is 17.3 Å². The molecule has 1 saturated heterocycles. The Labute approximate surface area is 214 Å². The van der Waals surface area contributed by atoms with Crippen molar-refractivity contribution in [1.29, 1.82) is 0 Å². The third-order valence-corrected chi connectivity index (χ3v) is 8.05. The topological polar surface area (TPSA) is 136 Å². The Morgan fingerprint density at radius 1 is 1.28 bits per heavy atom. The van der Waals surface area contributed by atoms with Gasteiger partial charge in [0.05, 0.1) is 29.6 Å². The average Bonchev–Trinajstić information content (AvgIpc) is 3.03. The van der Waals surface area contributed by atoms with Crippen LogP contribution in [-0.4, -0.2) is 59.8 Å². The molecule has 0 bridgehead atoms. The molecule has 1 amide bonds. The molecular formula is C24H30N2O8SSi. The summed E-state index contributed by atoms with van der Waals surface area (Å²) >= 11 is 1.07. The molecule has 0 aromatic heterocycles. The number of esters is 1. The van der Waals surface area contributed by atoms with Gasteiger partial charge < -0.3 is 19.2 Å². The number of carbonyl (C=O) groups is 3. The zero-order valence-electron chi connectivity index (χ0n) is 20.8. The van der Waals surface area contributed by atoms with Gasteiger partial charge in [-0.05, 0) is 50.9 Å².